The Hall–Kier alpha value is -0.910. The summed E-state index contributed by atoms with van der Waals surface area (Å²) in [7, 11) is 1.74. The molecule has 1 aliphatic carbocycles. The van der Waals surface area contributed by atoms with Gasteiger partial charge in [-0.1, -0.05) is 13.8 Å². The summed E-state index contributed by atoms with van der Waals surface area (Å²) < 4.78 is 0. The van der Waals surface area contributed by atoms with Crippen molar-refractivity contribution in [3.8, 4) is 0 Å². The summed E-state index contributed by atoms with van der Waals surface area (Å²) in [6.07, 6.45) is 3.19. The van der Waals surface area contributed by atoms with E-state index in [0.29, 0.717) is 12.5 Å². The number of fused-ring (bicyclic) bond motifs is 1. The van der Waals surface area contributed by atoms with E-state index >= 15 is 0 Å². The molecule has 0 bridgehead atoms. The van der Waals surface area contributed by atoms with Gasteiger partial charge in [-0.25, -0.2) is 0 Å². The van der Waals surface area contributed by atoms with Crippen LogP contribution in [0.2, 0.25) is 0 Å². The molecule has 21 heavy (non-hydrogen) atoms. The number of carbonyl (C=O) groups excluding carboxylic acids is 1. The first kappa shape index (κ1) is 16.5. The van der Waals surface area contributed by atoms with E-state index in [1.807, 2.05) is 5.38 Å². The van der Waals surface area contributed by atoms with Crippen molar-refractivity contribution in [1.82, 2.24) is 4.90 Å². The van der Waals surface area contributed by atoms with E-state index in [1.54, 1.807) is 30.2 Å². The summed E-state index contributed by atoms with van der Waals surface area (Å²) in [5, 5.41) is 20.7. The van der Waals surface area contributed by atoms with E-state index in [4.69, 9.17) is 0 Å². The average molecular weight is 311 g/mol. The topological polar surface area (TPSA) is 60.8 Å². The molecule has 1 aromatic rings. The Labute approximate surface area is 130 Å². The lowest BCUT2D eigenvalue weighted by atomic mass is 9.88. The molecule has 1 aliphatic rings. The maximum absolute atomic E-state index is 12.6. The second kappa shape index (κ2) is 6.46. The monoisotopic (exact) mass is 311 g/mol. The highest BCUT2D eigenvalue weighted by atomic mass is 32.1. The van der Waals surface area contributed by atoms with Gasteiger partial charge in [0, 0.05) is 29.3 Å². The predicted octanol–water partition coefficient (Wildman–Crippen LogP) is 1.94. The number of aliphatic hydroxyl groups excluding tert-OH is 2. The molecule has 0 saturated carbocycles. The van der Waals surface area contributed by atoms with Gasteiger partial charge in [-0.3, -0.25) is 4.79 Å². The van der Waals surface area contributed by atoms with E-state index in [0.717, 1.165) is 24.8 Å². The maximum Gasteiger partial charge on any atom is 0.254 e. The molecule has 1 aromatic heterocycles. The van der Waals surface area contributed by atoms with Crippen molar-refractivity contribution in [2.24, 2.45) is 11.3 Å². The van der Waals surface area contributed by atoms with Crippen molar-refractivity contribution in [3.05, 3.63) is 21.4 Å². The highest BCUT2D eigenvalue weighted by Gasteiger charge is 2.29. The summed E-state index contributed by atoms with van der Waals surface area (Å²) in [6, 6.07) is 0. The lowest BCUT2D eigenvalue weighted by molar-refractivity contribution is 0.0366. The molecule has 0 aromatic carbocycles. The normalized spacial score (nSPS) is 18.4. The van der Waals surface area contributed by atoms with Gasteiger partial charge >= 0.3 is 0 Å². The summed E-state index contributed by atoms with van der Waals surface area (Å²) in [6.45, 7) is 4.10. The van der Waals surface area contributed by atoms with Crippen molar-refractivity contribution in [2.45, 2.75) is 33.1 Å². The average Bonchev–Trinajstić information content (AvgIpc) is 2.88. The molecule has 0 spiro atoms. The molecule has 1 amide bonds. The molecule has 0 saturated heterocycles. The van der Waals surface area contributed by atoms with Gasteiger partial charge in [-0.2, -0.15) is 0 Å². The van der Waals surface area contributed by atoms with Crippen LogP contribution in [0.3, 0.4) is 0 Å². The van der Waals surface area contributed by atoms with E-state index in [-0.39, 0.29) is 19.1 Å². The number of aliphatic hydroxyl groups is 2. The summed E-state index contributed by atoms with van der Waals surface area (Å²) in [4.78, 5) is 15.6. The van der Waals surface area contributed by atoms with Gasteiger partial charge in [-0.05, 0) is 30.7 Å². The van der Waals surface area contributed by atoms with Gasteiger partial charge in [-0.15, -0.1) is 11.3 Å². The van der Waals surface area contributed by atoms with Crippen LogP contribution in [0.15, 0.2) is 5.38 Å². The molecular weight excluding hydrogens is 286 g/mol. The SMILES string of the molecule is CC1CCc2c(C(=O)N(C)CC(C)(CO)CO)csc2C1. The fourth-order valence-electron chi connectivity index (χ4n) is 2.86. The molecule has 1 atom stereocenters. The van der Waals surface area contributed by atoms with Crippen LogP contribution in [0, 0.1) is 11.3 Å². The Morgan fingerprint density at radius 2 is 2.14 bits per heavy atom. The third-order valence-corrected chi connectivity index (χ3v) is 5.41. The van der Waals surface area contributed by atoms with Crippen molar-refractivity contribution in [1.29, 1.82) is 0 Å². The van der Waals surface area contributed by atoms with Crippen LogP contribution >= 0.6 is 11.3 Å². The Morgan fingerprint density at radius 3 is 2.76 bits per heavy atom. The fourth-order valence-corrected chi connectivity index (χ4v) is 4.09. The Balaban J connectivity index is 2.14. The molecule has 5 heteroatoms. The van der Waals surface area contributed by atoms with Crippen molar-refractivity contribution in [2.75, 3.05) is 26.8 Å². The Bertz CT molecular complexity index is 508. The lowest BCUT2D eigenvalue weighted by Gasteiger charge is -2.30. The van der Waals surface area contributed by atoms with Gasteiger partial charge < -0.3 is 15.1 Å². The van der Waals surface area contributed by atoms with Crippen molar-refractivity contribution < 1.29 is 15.0 Å². The molecule has 2 N–H and O–H groups in total. The fraction of sp³-hybridized carbons (Fsp3) is 0.688. The zero-order chi connectivity index (χ0) is 15.6. The lowest BCUT2D eigenvalue weighted by Crippen LogP contribution is -2.41. The molecule has 0 radical (unpaired) electrons. The van der Waals surface area contributed by atoms with Crippen molar-refractivity contribution in [3.63, 3.8) is 0 Å². The van der Waals surface area contributed by atoms with Gasteiger partial charge in [0.1, 0.15) is 0 Å². The Morgan fingerprint density at radius 1 is 1.48 bits per heavy atom. The minimum atomic E-state index is -0.658. The Kier molecular flexibility index (Phi) is 5.07. The highest BCUT2D eigenvalue weighted by molar-refractivity contribution is 7.10. The summed E-state index contributed by atoms with van der Waals surface area (Å²) in [5.41, 5.74) is 1.36. The number of hydrogen-bond donors (Lipinski definition) is 2. The zero-order valence-corrected chi connectivity index (χ0v) is 13.9. The van der Waals surface area contributed by atoms with Crippen molar-refractivity contribution >= 4 is 17.2 Å². The first-order chi connectivity index (χ1) is 9.90. The number of nitrogens with zero attached hydrogens (tertiary/aromatic N) is 1. The highest BCUT2D eigenvalue weighted by Crippen LogP contribution is 2.33. The predicted molar refractivity (Wildman–Crippen MR) is 84.7 cm³/mol. The van der Waals surface area contributed by atoms with Crippen LogP contribution in [-0.4, -0.2) is 47.8 Å². The smallest absolute Gasteiger partial charge is 0.254 e. The number of amides is 1. The summed E-state index contributed by atoms with van der Waals surface area (Å²) >= 11 is 1.68. The first-order valence-corrected chi connectivity index (χ1v) is 8.34. The van der Waals surface area contributed by atoms with Gasteiger partial charge in [0.15, 0.2) is 0 Å². The minimum Gasteiger partial charge on any atom is -0.396 e. The molecule has 0 fully saturated rings. The molecule has 118 valence electrons. The minimum absolute atomic E-state index is 0.00446. The number of carbonyl (C=O) groups is 1. The number of rotatable bonds is 5. The van der Waals surface area contributed by atoms with Gasteiger partial charge in [0.05, 0.1) is 18.8 Å². The molecular formula is C16H25NO3S. The maximum atomic E-state index is 12.6. The number of hydrogen-bond acceptors (Lipinski definition) is 4. The quantitative estimate of drug-likeness (QED) is 0.873. The van der Waals surface area contributed by atoms with Gasteiger partial charge in [0.2, 0.25) is 0 Å². The molecule has 4 nitrogen and oxygen atoms in total. The van der Waals surface area contributed by atoms with Crippen LogP contribution < -0.4 is 0 Å². The van der Waals surface area contributed by atoms with E-state index in [9.17, 15) is 15.0 Å². The second-order valence-electron chi connectivity index (χ2n) is 6.69. The van der Waals surface area contributed by atoms with Crippen LogP contribution in [-0.2, 0) is 12.8 Å². The largest absolute Gasteiger partial charge is 0.396 e. The van der Waals surface area contributed by atoms with Gasteiger partial charge in [0.25, 0.3) is 5.91 Å². The van der Waals surface area contributed by atoms with E-state index in [2.05, 4.69) is 6.92 Å². The molecule has 1 heterocycles. The zero-order valence-electron chi connectivity index (χ0n) is 13.1. The summed E-state index contributed by atoms with van der Waals surface area (Å²) in [5.74, 6) is 0.694. The van der Waals surface area contributed by atoms with Crippen LogP contribution in [0.5, 0.6) is 0 Å². The van der Waals surface area contributed by atoms with Crippen LogP contribution in [0.4, 0.5) is 0 Å². The van der Waals surface area contributed by atoms with Crippen LogP contribution in [0.1, 0.15) is 41.1 Å². The molecule has 1 unspecified atom stereocenters. The standard InChI is InChI=1S/C16H25NO3S/c1-11-4-5-12-13(7-21-14(12)6-11)15(20)17(3)8-16(2,9-18)10-19/h7,11,18-19H,4-6,8-10H2,1-3H3. The molecule has 2 rings (SSSR count). The molecule has 0 aliphatic heterocycles. The first-order valence-electron chi connectivity index (χ1n) is 7.46. The van der Waals surface area contributed by atoms with E-state index < -0.39 is 5.41 Å². The van der Waals surface area contributed by atoms with Crippen LogP contribution in [0.25, 0.3) is 0 Å². The van der Waals surface area contributed by atoms with E-state index in [1.165, 1.54) is 10.4 Å². The second-order valence-corrected chi connectivity index (χ2v) is 7.65. The third kappa shape index (κ3) is 3.47. The third-order valence-electron chi connectivity index (χ3n) is 4.36. The number of thiophene rings is 1.